The minimum absolute atomic E-state index is 0.181. The van der Waals surface area contributed by atoms with Crippen LogP contribution in [0.15, 0.2) is 29.6 Å². The van der Waals surface area contributed by atoms with E-state index in [1.54, 1.807) is 23.5 Å². The fourth-order valence-corrected chi connectivity index (χ4v) is 2.33. The molecule has 1 heterocycles. The summed E-state index contributed by atoms with van der Waals surface area (Å²) in [5, 5.41) is 3.12. The second-order valence-corrected chi connectivity index (χ2v) is 4.34. The Morgan fingerprint density at radius 2 is 2.27 bits per heavy atom. The third-order valence-electron chi connectivity index (χ3n) is 2.21. The van der Waals surface area contributed by atoms with Crippen LogP contribution >= 0.6 is 11.3 Å². The van der Waals surface area contributed by atoms with Crippen molar-refractivity contribution in [1.29, 1.82) is 0 Å². The summed E-state index contributed by atoms with van der Waals surface area (Å²) in [5.41, 5.74) is 2.10. The molecule has 0 bridgehead atoms. The molecule has 3 heteroatoms. The number of hydrogen-bond donors (Lipinski definition) is 0. The summed E-state index contributed by atoms with van der Waals surface area (Å²) < 4.78 is 12.9. The third kappa shape index (κ3) is 2.63. The number of rotatable bonds is 3. The second-order valence-electron chi connectivity index (χ2n) is 3.39. The predicted molar refractivity (Wildman–Crippen MR) is 60.7 cm³/mol. The Labute approximate surface area is 92.6 Å². The van der Waals surface area contributed by atoms with Crippen LogP contribution in [-0.2, 0) is 12.8 Å². The van der Waals surface area contributed by atoms with Gasteiger partial charge in [-0.15, -0.1) is 11.3 Å². The Hall–Kier alpha value is -1.22. The van der Waals surface area contributed by atoms with E-state index in [2.05, 4.69) is 17.3 Å². The molecule has 0 atom stereocenters. The van der Waals surface area contributed by atoms with Crippen LogP contribution < -0.4 is 0 Å². The van der Waals surface area contributed by atoms with Crippen molar-refractivity contribution in [3.8, 4) is 0 Å². The molecule has 78 valence electrons. The molecule has 0 spiro atoms. The normalized spacial score (nSPS) is 10.5. The Morgan fingerprint density at radius 1 is 1.40 bits per heavy atom. The van der Waals surface area contributed by atoms with Gasteiger partial charge in [0, 0.05) is 11.8 Å². The van der Waals surface area contributed by atoms with Gasteiger partial charge in [-0.3, -0.25) is 0 Å². The zero-order valence-corrected chi connectivity index (χ0v) is 9.35. The van der Waals surface area contributed by atoms with Crippen molar-refractivity contribution in [3.05, 3.63) is 51.7 Å². The molecule has 0 saturated heterocycles. The molecule has 0 saturated carbocycles. The number of thiazole rings is 1. The van der Waals surface area contributed by atoms with Gasteiger partial charge in [0.05, 0.1) is 10.7 Å². The minimum atomic E-state index is -0.181. The maximum absolute atomic E-state index is 12.9. The molecule has 15 heavy (non-hydrogen) atoms. The first-order valence-electron chi connectivity index (χ1n) is 4.95. The summed E-state index contributed by atoms with van der Waals surface area (Å²) in [6.45, 7) is 2.08. The summed E-state index contributed by atoms with van der Waals surface area (Å²) in [7, 11) is 0. The van der Waals surface area contributed by atoms with Crippen LogP contribution in [0.4, 0.5) is 4.39 Å². The average Bonchev–Trinajstić information content (AvgIpc) is 2.65. The highest BCUT2D eigenvalue weighted by molar-refractivity contribution is 7.09. The molecule has 0 aliphatic heterocycles. The fourth-order valence-electron chi connectivity index (χ4n) is 1.41. The number of halogens is 1. The van der Waals surface area contributed by atoms with Gasteiger partial charge >= 0.3 is 0 Å². The number of aryl methyl sites for hydroxylation is 1. The SMILES string of the molecule is CCc1csc(Cc2cccc(F)c2)n1. The van der Waals surface area contributed by atoms with Crippen molar-refractivity contribution in [1.82, 2.24) is 4.98 Å². The van der Waals surface area contributed by atoms with Crippen LogP contribution in [0.25, 0.3) is 0 Å². The van der Waals surface area contributed by atoms with E-state index < -0.39 is 0 Å². The highest BCUT2D eigenvalue weighted by atomic mass is 32.1. The quantitative estimate of drug-likeness (QED) is 0.773. The molecule has 0 N–H and O–H groups in total. The Morgan fingerprint density at radius 3 is 2.93 bits per heavy atom. The summed E-state index contributed by atoms with van der Waals surface area (Å²) in [6, 6.07) is 6.69. The van der Waals surface area contributed by atoms with Gasteiger partial charge < -0.3 is 0 Å². The van der Waals surface area contributed by atoms with Crippen LogP contribution in [0.5, 0.6) is 0 Å². The first-order chi connectivity index (χ1) is 7.28. The summed E-state index contributed by atoms with van der Waals surface area (Å²) >= 11 is 1.64. The highest BCUT2D eigenvalue weighted by Gasteiger charge is 2.02. The van der Waals surface area contributed by atoms with E-state index >= 15 is 0 Å². The number of nitrogens with zero attached hydrogens (tertiary/aromatic N) is 1. The molecule has 1 aromatic heterocycles. The van der Waals surface area contributed by atoms with Crippen molar-refractivity contribution >= 4 is 11.3 Å². The monoisotopic (exact) mass is 221 g/mol. The van der Waals surface area contributed by atoms with Gasteiger partial charge in [0.15, 0.2) is 0 Å². The highest BCUT2D eigenvalue weighted by Crippen LogP contribution is 2.15. The molecule has 2 aromatic rings. The Balaban J connectivity index is 2.14. The summed E-state index contributed by atoms with van der Waals surface area (Å²) in [6.07, 6.45) is 1.68. The largest absolute Gasteiger partial charge is 0.246 e. The molecular formula is C12H12FNS. The maximum Gasteiger partial charge on any atom is 0.123 e. The molecule has 0 aliphatic carbocycles. The molecule has 0 aliphatic rings. The van der Waals surface area contributed by atoms with Crippen molar-refractivity contribution in [2.75, 3.05) is 0 Å². The zero-order valence-electron chi connectivity index (χ0n) is 8.53. The van der Waals surface area contributed by atoms with Crippen LogP contribution in [0.1, 0.15) is 23.2 Å². The van der Waals surface area contributed by atoms with E-state index in [1.807, 2.05) is 6.07 Å². The standard InChI is InChI=1S/C12H12FNS/c1-2-11-8-15-12(14-11)7-9-4-3-5-10(13)6-9/h3-6,8H,2,7H2,1H3. The third-order valence-corrected chi connectivity index (χ3v) is 3.10. The number of hydrogen-bond acceptors (Lipinski definition) is 2. The summed E-state index contributed by atoms with van der Waals surface area (Å²) in [5.74, 6) is -0.181. The van der Waals surface area contributed by atoms with Gasteiger partial charge in [-0.2, -0.15) is 0 Å². The van der Waals surface area contributed by atoms with E-state index in [0.29, 0.717) is 0 Å². The van der Waals surface area contributed by atoms with Gasteiger partial charge in [-0.05, 0) is 24.1 Å². The molecule has 0 radical (unpaired) electrons. The van der Waals surface area contributed by atoms with Gasteiger partial charge in [0.2, 0.25) is 0 Å². The van der Waals surface area contributed by atoms with E-state index in [4.69, 9.17) is 0 Å². The molecule has 0 unspecified atom stereocenters. The Kier molecular flexibility index (Phi) is 3.11. The van der Waals surface area contributed by atoms with Crippen molar-refractivity contribution in [2.24, 2.45) is 0 Å². The predicted octanol–water partition coefficient (Wildman–Crippen LogP) is 3.44. The molecular weight excluding hydrogens is 209 g/mol. The van der Waals surface area contributed by atoms with Crippen LogP contribution in [0.2, 0.25) is 0 Å². The first kappa shape index (κ1) is 10.3. The fraction of sp³-hybridized carbons (Fsp3) is 0.250. The number of aromatic nitrogens is 1. The van der Waals surface area contributed by atoms with Gasteiger partial charge in [0.25, 0.3) is 0 Å². The van der Waals surface area contributed by atoms with E-state index in [1.165, 1.54) is 6.07 Å². The van der Waals surface area contributed by atoms with Gasteiger partial charge in [-0.1, -0.05) is 19.1 Å². The van der Waals surface area contributed by atoms with Crippen LogP contribution in [0, 0.1) is 5.82 Å². The molecule has 1 aromatic carbocycles. The average molecular weight is 221 g/mol. The van der Waals surface area contributed by atoms with Crippen LogP contribution in [-0.4, -0.2) is 4.98 Å². The zero-order chi connectivity index (χ0) is 10.7. The lowest BCUT2D eigenvalue weighted by Gasteiger charge is -1.97. The summed E-state index contributed by atoms with van der Waals surface area (Å²) in [4.78, 5) is 4.45. The minimum Gasteiger partial charge on any atom is -0.246 e. The van der Waals surface area contributed by atoms with Crippen molar-refractivity contribution in [3.63, 3.8) is 0 Å². The van der Waals surface area contributed by atoms with E-state index in [9.17, 15) is 4.39 Å². The lowest BCUT2D eigenvalue weighted by Crippen LogP contribution is -1.89. The van der Waals surface area contributed by atoms with Gasteiger partial charge in [0.1, 0.15) is 5.82 Å². The second kappa shape index (κ2) is 4.53. The number of benzene rings is 1. The van der Waals surface area contributed by atoms with E-state index in [-0.39, 0.29) is 5.82 Å². The lowest BCUT2D eigenvalue weighted by molar-refractivity contribution is 0.626. The van der Waals surface area contributed by atoms with Crippen molar-refractivity contribution in [2.45, 2.75) is 19.8 Å². The first-order valence-corrected chi connectivity index (χ1v) is 5.83. The smallest absolute Gasteiger partial charge is 0.123 e. The Bertz CT molecular complexity index is 450. The molecule has 2 rings (SSSR count). The maximum atomic E-state index is 12.9. The topological polar surface area (TPSA) is 12.9 Å². The molecule has 0 amide bonds. The van der Waals surface area contributed by atoms with Crippen molar-refractivity contribution < 1.29 is 4.39 Å². The van der Waals surface area contributed by atoms with E-state index in [0.717, 1.165) is 29.1 Å². The van der Waals surface area contributed by atoms with Crippen LogP contribution in [0.3, 0.4) is 0 Å². The molecule has 1 nitrogen and oxygen atoms in total. The van der Waals surface area contributed by atoms with Gasteiger partial charge in [-0.25, -0.2) is 9.37 Å². The molecule has 0 fully saturated rings. The lowest BCUT2D eigenvalue weighted by atomic mass is 10.1.